The van der Waals surface area contributed by atoms with Crippen molar-refractivity contribution in [3.63, 3.8) is 0 Å². The largest absolute Gasteiger partial charge is 0.494 e. The maximum absolute atomic E-state index is 6.04. The fourth-order valence-corrected chi connectivity index (χ4v) is 2.05. The van der Waals surface area contributed by atoms with Crippen molar-refractivity contribution in [1.82, 2.24) is 5.32 Å². The summed E-state index contributed by atoms with van der Waals surface area (Å²) in [5.41, 5.74) is 2.03. The van der Waals surface area contributed by atoms with E-state index in [1.807, 2.05) is 26.1 Å². The van der Waals surface area contributed by atoms with Crippen LogP contribution in [0.15, 0.2) is 12.1 Å². The first-order valence-corrected chi connectivity index (χ1v) is 6.29. The average molecular weight is 257 g/mol. The number of methoxy groups -OCH3 is 1. The molecule has 0 radical (unpaired) electrons. The van der Waals surface area contributed by atoms with Gasteiger partial charge in [-0.2, -0.15) is 0 Å². The van der Waals surface area contributed by atoms with Crippen LogP contribution in [0.25, 0.3) is 0 Å². The van der Waals surface area contributed by atoms with E-state index in [2.05, 4.69) is 10.6 Å². The van der Waals surface area contributed by atoms with E-state index >= 15 is 0 Å². The highest BCUT2D eigenvalue weighted by molar-refractivity contribution is 6.31. The minimum Gasteiger partial charge on any atom is -0.494 e. The molecule has 0 aromatic heterocycles. The molecule has 0 saturated carbocycles. The quantitative estimate of drug-likeness (QED) is 0.736. The van der Waals surface area contributed by atoms with Gasteiger partial charge in [-0.3, -0.25) is 0 Å². The highest BCUT2D eigenvalue weighted by Gasteiger charge is 2.07. The van der Waals surface area contributed by atoms with E-state index in [1.165, 1.54) is 0 Å². The van der Waals surface area contributed by atoms with Gasteiger partial charge in [0.05, 0.1) is 12.8 Å². The van der Waals surface area contributed by atoms with Gasteiger partial charge in [-0.05, 0) is 51.1 Å². The molecule has 0 aliphatic carbocycles. The topological polar surface area (TPSA) is 33.3 Å². The summed E-state index contributed by atoms with van der Waals surface area (Å²) in [4.78, 5) is 0. The zero-order valence-electron chi connectivity index (χ0n) is 10.8. The molecule has 0 heterocycles. The monoisotopic (exact) mass is 256 g/mol. The molecule has 17 heavy (non-hydrogen) atoms. The van der Waals surface area contributed by atoms with E-state index in [0.717, 1.165) is 48.0 Å². The standard InChI is InChI=1S/C13H21ClN2O/c1-10-8-11(14)9-12(13(10)17-3)16-7-5-4-6-15-2/h8-9,15-16H,4-7H2,1-3H3. The molecule has 2 N–H and O–H groups in total. The Hall–Kier alpha value is -0.930. The average Bonchev–Trinajstić information content (AvgIpc) is 2.28. The maximum atomic E-state index is 6.04. The van der Waals surface area contributed by atoms with Crippen LogP contribution >= 0.6 is 11.6 Å². The Balaban J connectivity index is 2.57. The molecule has 0 atom stereocenters. The lowest BCUT2D eigenvalue weighted by atomic mass is 10.2. The number of hydrogen-bond donors (Lipinski definition) is 2. The molecule has 96 valence electrons. The first kappa shape index (κ1) is 14.1. The van der Waals surface area contributed by atoms with Crippen LogP contribution in [-0.4, -0.2) is 27.2 Å². The second-order valence-electron chi connectivity index (χ2n) is 4.04. The van der Waals surface area contributed by atoms with E-state index in [0.29, 0.717) is 0 Å². The Labute approximate surface area is 109 Å². The van der Waals surface area contributed by atoms with Crippen LogP contribution in [0.4, 0.5) is 5.69 Å². The van der Waals surface area contributed by atoms with E-state index in [9.17, 15) is 0 Å². The lowest BCUT2D eigenvalue weighted by molar-refractivity contribution is 0.413. The third-order valence-electron chi connectivity index (χ3n) is 2.61. The van der Waals surface area contributed by atoms with Crippen LogP contribution in [0.2, 0.25) is 5.02 Å². The van der Waals surface area contributed by atoms with Gasteiger partial charge >= 0.3 is 0 Å². The van der Waals surface area contributed by atoms with Gasteiger partial charge < -0.3 is 15.4 Å². The minimum absolute atomic E-state index is 0.737. The van der Waals surface area contributed by atoms with Gasteiger partial charge in [-0.15, -0.1) is 0 Å². The number of rotatable bonds is 7. The van der Waals surface area contributed by atoms with Gasteiger partial charge in [-0.25, -0.2) is 0 Å². The minimum atomic E-state index is 0.737. The van der Waals surface area contributed by atoms with Crippen LogP contribution in [0.5, 0.6) is 5.75 Å². The Kier molecular flexibility index (Phi) is 6.16. The summed E-state index contributed by atoms with van der Waals surface area (Å²) in [6.07, 6.45) is 2.28. The summed E-state index contributed by atoms with van der Waals surface area (Å²) in [5, 5.41) is 7.24. The van der Waals surface area contributed by atoms with Gasteiger partial charge in [0.15, 0.2) is 0 Å². The lowest BCUT2D eigenvalue weighted by Crippen LogP contribution is -2.10. The molecule has 0 aliphatic heterocycles. The van der Waals surface area contributed by atoms with E-state index in [-0.39, 0.29) is 0 Å². The number of aryl methyl sites for hydroxylation is 1. The predicted molar refractivity (Wildman–Crippen MR) is 74.4 cm³/mol. The molecular weight excluding hydrogens is 236 g/mol. The Morgan fingerprint density at radius 3 is 2.59 bits per heavy atom. The van der Waals surface area contributed by atoms with Crippen LogP contribution in [0.3, 0.4) is 0 Å². The van der Waals surface area contributed by atoms with Crippen LogP contribution in [0, 0.1) is 6.92 Å². The fourth-order valence-electron chi connectivity index (χ4n) is 1.78. The van der Waals surface area contributed by atoms with Gasteiger partial charge in [-0.1, -0.05) is 11.6 Å². The van der Waals surface area contributed by atoms with Crippen LogP contribution in [0.1, 0.15) is 18.4 Å². The molecule has 4 heteroatoms. The summed E-state index contributed by atoms with van der Waals surface area (Å²) in [5.74, 6) is 0.878. The zero-order valence-corrected chi connectivity index (χ0v) is 11.5. The van der Waals surface area contributed by atoms with Crippen molar-refractivity contribution in [2.24, 2.45) is 0 Å². The smallest absolute Gasteiger partial charge is 0.144 e. The molecule has 0 spiro atoms. The maximum Gasteiger partial charge on any atom is 0.144 e. The van der Waals surface area contributed by atoms with Crippen LogP contribution < -0.4 is 15.4 Å². The lowest BCUT2D eigenvalue weighted by Gasteiger charge is -2.14. The predicted octanol–water partition coefficient (Wildman–Crippen LogP) is 3.07. The number of halogens is 1. The molecule has 0 amide bonds. The molecule has 0 aliphatic rings. The van der Waals surface area contributed by atoms with Crippen molar-refractivity contribution in [1.29, 1.82) is 0 Å². The summed E-state index contributed by atoms with van der Waals surface area (Å²) >= 11 is 6.04. The molecule has 0 bridgehead atoms. The molecule has 0 unspecified atom stereocenters. The highest BCUT2D eigenvalue weighted by Crippen LogP contribution is 2.31. The first-order chi connectivity index (χ1) is 8.19. The Morgan fingerprint density at radius 1 is 1.24 bits per heavy atom. The number of nitrogens with one attached hydrogen (secondary N) is 2. The molecule has 1 aromatic carbocycles. The Morgan fingerprint density at radius 2 is 1.94 bits per heavy atom. The van der Waals surface area contributed by atoms with Gasteiger partial charge in [0, 0.05) is 11.6 Å². The third-order valence-corrected chi connectivity index (χ3v) is 2.83. The molecule has 3 nitrogen and oxygen atoms in total. The number of ether oxygens (including phenoxy) is 1. The molecule has 1 aromatic rings. The SMILES string of the molecule is CNCCCCNc1cc(Cl)cc(C)c1OC. The van der Waals surface area contributed by atoms with Gasteiger partial charge in [0.2, 0.25) is 0 Å². The van der Waals surface area contributed by atoms with Crippen molar-refractivity contribution >= 4 is 17.3 Å². The van der Waals surface area contributed by atoms with Crippen molar-refractivity contribution in [2.75, 3.05) is 32.6 Å². The normalized spacial score (nSPS) is 10.4. The van der Waals surface area contributed by atoms with Crippen molar-refractivity contribution < 1.29 is 4.74 Å². The summed E-state index contributed by atoms with van der Waals surface area (Å²) < 4.78 is 5.38. The van der Waals surface area contributed by atoms with Crippen molar-refractivity contribution in [3.05, 3.63) is 22.7 Å². The summed E-state index contributed by atoms with van der Waals surface area (Å²) in [6.45, 7) is 3.97. The van der Waals surface area contributed by atoms with E-state index in [4.69, 9.17) is 16.3 Å². The van der Waals surface area contributed by atoms with Gasteiger partial charge in [0.25, 0.3) is 0 Å². The number of anilines is 1. The fraction of sp³-hybridized carbons (Fsp3) is 0.538. The summed E-state index contributed by atoms with van der Waals surface area (Å²) in [6, 6.07) is 3.82. The van der Waals surface area contributed by atoms with E-state index < -0.39 is 0 Å². The van der Waals surface area contributed by atoms with Crippen molar-refractivity contribution in [2.45, 2.75) is 19.8 Å². The van der Waals surface area contributed by atoms with Gasteiger partial charge in [0.1, 0.15) is 5.75 Å². The molecular formula is C13H21ClN2O. The van der Waals surface area contributed by atoms with Crippen LogP contribution in [-0.2, 0) is 0 Å². The number of hydrogen-bond acceptors (Lipinski definition) is 3. The second-order valence-corrected chi connectivity index (χ2v) is 4.48. The number of benzene rings is 1. The summed E-state index contributed by atoms with van der Waals surface area (Å²) in [7, 11) is 3.65. The second kappa shape index (κ2) is 7.41. The third kappa shape index (κ3) is 4.44. The van der Waals surface area contributed by atoms with Crippen molar-refractivity contribution in [3.8, 4) is 5.75 Å². The highest BCUT2D eigenvalue weighted by atomic mass is 35.5. The Bertz CT molecular complexity index is 356. The molecule has 1 rings (SSSR count). The molecule has 0 fully saturated rings. The van der Waals surface area contributed by atoms with E-state index in [1.54, 1.807) is 7.11 Å². The first-order valence-electron chi connectivity index (χ1n) is 5.91. The zero-order chi connectivity index (χ0) is 12.7. The number of unbranched alkanes of at least 4 members (excludes halogenated alkanes) is 1. The molecule has 0 saturated heterocycles.